The molecule has 0 atom stereocenters. The minimum Gasteiger partial charge on any atom is -0.416 e. The molecule has 0 fully saturated rings. The van der Waals surface area contributed by atoms with Crippen LogP contribution in [0.15, 0.2) is 65.6 Å². The molecular formula is C21H13Cl4NO5S. The van der Waals surface area contributed by atoms with Gasteiger partial charge in [0, 0.05) is 10.0 Å². The van der Waals surface area contributed by atoms with Gasteiger partial charge in [0.1, 0.15) is 0 Å². The Hall–Kier alpha value is -2.29. The lowest BCUT2D eigenvalue weighted by Gasteiger charge is -2.22. The number of sulfonamides is 1. The van der Waals surface area contributed by atoms with E-state index >= 15 is 0 Å². The van der Waals surface area contributed by atoms with Gasteiger partial charge in [-0.15, -0.1) is 0 Å². The van der Waals surface area contributed by atoms with Crippen LogP contribution in [0.2, 0.25) is 20.1 Å². The van der Waals surface area contributed by atoms with Gasteiger partial charge < -0.3 is 4.74 Å². The summed E-state index contributed by atoms with van der Waals surface area (Å²) >= 11 is 23.8. The van der Waals surface area contributed by atoms with Gasteiger partial charge in [-0.25, -0.2) is 13.2 Å². The Balaban J connectivity index is 2.06. The third kappa shape index (κ3) is 5.19. The van der Waals surface area contributed by atoms with Crippen LogP contribution in [-0.4, -0.2) is 20.3 Å². The van der Waals surface area contributed by atoms with Gasteiger partial charge in [0.2, 0.25) is 0 Å². The molecule has 0 spiro atoms. The average Bonchev–Trinajstić information content (AvgIpc) is 2.70. The van der Waals surface area contributed by atoms with E-state index < -0.39 is 21.9 Å². The maximum absolute atomic E-state index is 13.3. The van der Waals surface area contributed by atoms with Crippen LogP contribution in [0.3, 0.4) is 0 Å². The summed E-state index contributed by atoms with van der Waals surface area (Å²) in [7, 11) is -4.51. The normalized spacial score (nSPS) is 11.2. The van der Waals surface area contributed by atoms with E-state index in [9.17, 15) is 18.0 Å². The number of halogens is 4. The predicted octanol–water partition coefficient (Wildman–Crippen LogP) is 5.94. The zero-order chi connectivity index (χ0) is 23.6. The lowest BCUT2D eigenvalue weighted by Crippen LogP contribution is -2.43. The highest BCUT2D eigenvalue weighted by atomic mass is 35.5. The van der Waals surface area contributed by atoms with Crippen LogP contribution in [-0.2, 0) is 19.6 Å². The highest BCUT2D eigenvalue weighted by Crippen LogP contribution is 2.36. The van der Waals surface area contributed by atoms with E-state index in [4.69, 9.17) is 51.1 Å². The van der Waals surface area contributed by atoms with Gasteiger partial charge in [0.25, 0.3) is 10.0 Å². The second-order valence-electron chi connectivity index (χ2n) is 6.46. The van der Waals surface area contributed by atoms with Gasteiger partial charge >= 0.3 is 11.9 Å². The van der Waals surface area contributed by atoms with Crippen molar-refractivity contribution in [2.45, 2.75) is 11.8 Å². The van der Waals surface area contributed by atoms with E-state index in [1.807, 2.05) is 0 Å². The van der Waals surface area contributed by atoms with E-state index in [0.29, 0.717) is 4.31 Å². The van der Waals surface area contributed by atoms with Gasteiger partial charge in [-0.3, -0.25) is 4.79 Å². The Labute approximate surface area is 204 Å². The van der Waals surface area contributed by atoms with E-state index in [-0.39, 0.29) is 36.4 Å². The minimum atomic E-state index is -4.51. The SMILES string of the molecule is Cc1ccc(S(=O)(=O)N(C(=O)C(=O)Oc2c(Cl)cc(Cl)cc2Cl)c2cccc(Cl)c2)cc1. The van der Waals surface area contributed by atoms with Gasteiger partial charge in [-0.2, -0.15) is 4.31 Å². The highest BCUT2D eigenvalue weighted by Gasteiger charge is 2.37. The molecule has 0 N–H and O–H groups in total. The van der Waals surface area contributed by atoms with Gasteiger partial charge in [-0.1, -0.05) is 70.2 Å². The van der Waals surface area contributed by atoms with Gasteiger partial charge in [-0.05, 0) is 49.4 Å². The number of ether oxygens (including phenoxy) is 1. The molecule has 0 aliphatic carbocycles. The lowest BCUT2D eigenvalue weighted by molar-refractivity contribution is -0.146. The van der Waals surface area contributed by atoms with Gasteiger partial charge in [0.15, 0.2) is 5.75 Å². The molecule has 0 saturated heterocycles. The Morgan fingerprint density at radius 2 is 1.44 bits per heavy atom. The van der Waals surface area contributed by atoms with E-state index in [1.54, 1.807) is 19.1 Å². The Kier molecular flexibility index (Phi) is 7.37. The standard InChI is InChI=1S/C21H13Cl4NO5S/c1-12-5-7-16(8-6-12)32(29,30)26(15-4-2-3-13(22)9-15)20(27)21(28)31-19-17(24)10-14(23)11-18(19)25/h2-11H,1H3. The number of hydrogen-bond donors (Lipinski definition) is 0. The van der Waals surface area contributed by atoms with Crippen molar-refractivity contribution in [1.29, 1.82) is 0 Å². The van der Waals surface area contributed by atoms with Crippen LogP contribution in [0.5, 0.6) is 5.75 Å². The first kappa shape index (κ1) is 24.4. The van der Waals surface area contributed by atoms with Gasteiger partial charge in [0.05, 0.1) is 20.6 Å². The molecule has 166 valence electrons. The molecule has 0 saturated carbocycles. The molecular weight excluding hydrogens is 520 g/mol. The second kappa shape index (κ2) is 9.68. The number of benzene rings is 3. The number of aryl methyl sites for hydroxylation is 1. The van der Waals surface area contributed by atoms with Crippen LogP contribution in [0, 0.1) is 6.92 Å². The van der Waals surface area contributed by atoms with Crippen molar-refractivity contribution in [3.8, 4) is 5.75 Å². The number of rotatable bonds is 4. The molecule has 0 aliphatic rings. The van der Waals surface area contributed by atoms with Crippen molar-refractivity contribution >= 4 is 74.0 Å². The van der Waals surface area contributed by atoms with Crippen molar-refractivity contribution in [2.75, 3.05) is 4.31 Å². The lowest BCUT2D eigenvalue weighted by atomic mass is 10.2. The largest absolute Gasteiger partial charge is 0.416 e. The second-order valence-corrected chi connectivity index (χ2v) is 9.93. The first-order chi connectivity index (χ1) is 15.0. The van der Waals surface area contributed by atoms with Crippen LogP contribution in [0.4, 0.5) is 5.69 Å². The zero-order valence-electron chi connectivity index (χ0n) is 16.2. The van der Waals surface area contributed by atoms with E-state index in [1.165, 1.54) is 48.5 Å². The summed E-state index contributed by atoms with van der Waals surface area (Å²) in [5.41, 5.74) is 0.643. The molecule has 0 bridgehead atoms. The molecule has 0 aliphatic heterocycles. The molecule has 32 heavy (non-hydrogen) atoms. The average molecular weight is 533 g/mol. The molecule has 0 heterocycles. The third-order valence-electron chi connectivity index (χ3n) is 4.12. The fourth-order valence-electron chi connectivity index (χ4n) is 2.63. The summed E-state index contributed by atoms with van der Waals surface area (Å²) in [4.78, 5) is 25.5. The summed E-state index contributed by atoms with van der Waals surface area (Å²) in [5, 5.41) is 0.0453. The number of nitrogens with zero attached hydrogens (tertiary/aromatic N) is 1. The fraction of sp³-hybridized carbons (Fsp3) is 0.0476. The smallest absolute Gasteiger partial charge is 0.403 e. The van der Waals surface area contributed by atoms with E-state index in [2.05, 4.69) is 0 Å². The topological polar surface area (TPSA) is 80.8 Å². The van der Waals surface area contributed by atoms with Crippen molar-refractivity contribution < 1.29 is 22.7 Å². The van der Waals surface area contributed by atoms with Crippen LogP contribution < -0.4 is 9.04 Å². The Morgan fingerprint density at radius 3 is 2.00 bits per heavy atom. The first-order valence-electron chi connectivity index (χ1n) is 8.79. The molecule has 11 heteroatoms. The minimum absolute atomic E-state index is 0.139. The van der Waals surface area contributed by atoms with Crippen molar-refractivity contribution in [1.82, 2.24) is 0 Å². The van der Waals surface area contributed by atoms with Crippen LogP contribution >= 0.6 is 46.4 Å². The number of hydrogen-bond acceptors (Lipinski definition) is 5. The number of esters is 1. The van der Waals surface area contributed by atoms with Crippen molar-refractivity contribution in [2.24, 2.45) is 0 Å². The summed E-state index contributed by atoms with van der Waals surface area (Å²) in [6.07, 6.45) is 0. The number of carbonyl (C=O) groups excluding carboxylic acids is 2. The zero-order valence-corrected chi connectivity index (χ0v) is 20.0. The summed E-state index contributed by atoms with van der Waals surface area (Å²) in [6.45, 7) is 1.77. The molecule has 3 aromatic rings. The fourth-order valence-corrected chi connectivity index (χ4v) is 5.08. The Bertz CT molecular complexity index is 1290. The molecule has 0 radical (unpaired) electrons. The molecule has 0 unspecified atom stereocenters. The quantitative estimate of drug-likeness (QED) is 0.236. The molecule has 3 aromatic carbocycles. The first-order valence-corrected chi connectivity index (χ1v) is 11.7. The maximum Gasteiger partial charge on any atom is 0.403 e. The van der Waals surface area contributed by atoms with Crippen molar-refractivity contribution in [3.63, 3.8) is 0 Å². The number of amides is 1. The Morgan fingerprint density at radius 1 is 0.844 bits per heavy atom. The monoisotopic (exact) mass is 531 g/mol. The number of anilines is 1. The maximum atomic E-state index is 13.3. The predicted molar refractivity (Wildman–Crippen MR) is 124 cm³/mol. The van der Waals surface area contributed by atoms with Crippen LogP contribution in [0.1, 0.15) is 5.56 Å². The highest BCUT2D eigenvalue weighted by molar-refractivity contribution is 7.93. The third-order valence-corrected chi connectivity index (χ3v) is 6.86. The molecule has 1 amide bonds. The molecule has 3 rings (SSSR count). The molecule has 6 nitrogen and oxygen atoms in total. The number of carbonyl (C=O) groups is 2. The van der Waals surface area contributed by atoms with Crippen LogP contribution in [0.25, 0.3) is 0 Å². The summed E-state index contributed by atoms with van der Waals surface area (Å²) in [6, 6.07) is 13.7. The summed E-state index contributed by atoms with van der Waals surface area (Å²) in [5.74, 6) is -3.38. The summed E-state index contributed by atoms with van der Waals surface area (Å²) < 4.78 is 32.0. The van der Waals surface area contributed by atoms with Crippen molar-refractivity contribution in [3.05, 3.63) is 86.3 Å². The van der Waals surface area contributed by atoms with E-state index in [0.717, 1.165) is 5.56 Å². The molecule has 0 aromatic heterocycles.